The maximum absolute atomic E-state index is 13.0. The molecule has 0 spiro atoms. The van der Waals surface area contributed by atoms with Gasteiger partial charge in [0.25, 0.3) is 0 Å². The second-order valence-corrected chi connectivity index (χ2v) is 8.99. The molecular weight excluding hydrogens is 401 g/mol. The highest BCUT2D eigenvalue weighted by Crippen LogP contribution is 2.32. The van der Waals surface area contributed by atoms with E-state index in [2.05, 4.69) is 5.32 Å². The molecule has 2 saturated heterocycles. The summed E-state index contributed by atoms with van der Waals surface area (Å²) >= 11 is 12.2. The van der Waals surface area contributed by atoms with Crippen molar-refractivity contribution in [1.29, 1.82) is 0 Å². The van der Waals surface area contributed by atoms with Gasteiger partial charge in [0, 0.05) is 32.2 Å². The second kappa shape index (κ2) is 8.31. The summed E-state index contributed by atoms with van der Waals surface area (Å²) < 4.78 is 32.5. The summed E-state index contributed by atoms with van der Waals surface area (Å²) in [5.41, 5.74) is 0. The monoisotopic (exact) mass is 421 g/mol. The quantitative estimate of drug-likeness (QED) is 0.810. The third-order valence-corrected chi connectivity index (χ3v) is 7.35. The molecule has 1 aromatic carbocycles. The lowest BCUT2D eigenvalue weighted by Gasteiger charge is -2.34. The summed E-state index contributed by atoms with van der Waals surface area (Å²) in [7, 11) is -3.83. The van der Waals surface area contributed by atoms with Gasteiger partial charge in [-0.05, 0) is 25.0 Å². The Labute approximate surface area is 163 Å². The fourth-order valence-electron chi connectivity index (χ4n) is 3.17. The van der Waals surface area contributed by atoms with Gasteiger partial charge in [0.1, 0.15) is 4.90 Å². The number of halogens is 2. The van der Waals surface area contributed by atoms with Crippen molar-refractivity contribution in [2.45, 2.75) is 23.8 Å². The fraction of sp³-hybridized carbons (Fsp3) is 0.562. The van der Waals surface area contributed by atoms with Crippen LogP contribution >= 0.6 is 23.2 Å². The normalized spacial score (nSPS) is 22.2. The smallest absolute Gasteiger partial charge is 0.317 e. The summed E-state index contributed by atoms with van der Waals surface area (Å²) in [4.78, 5) is 14.0. The third kappa shape index (κ3) is 4.26. The number of nitrogens with zero attached hydrogens (tertiary/aromatic N) is 2. The number of amides is 2. The van der Waals surface area contributed by atoms with Crippen LogP contribution in [0.3, 0.4) is 0 Å². The van der Waals surface area contributed by atoms with Gasteiger partial charge in [-0.25, -0.2) is 13.2 Å². The van der Waals surface area contributed by atoms with Gasteiger partial charge in [-0.3, -0.25) is 0 Å². The van der Waals surface area contributed by atoms with Crippen LogP contribution in [0.5, 0.6) is 0 Å². The number of rotatable bonds is 3. The maximum atomic E-state index is 13.0. The van der Waals surface area contributed by atoms with Gasteiger partial charge < -0.3 is 15.0 Å². The van der Waals surface area contributed by atoms with Crippen molar-refractivity contribution in [3.8, 4) is 0 Å². The van der Waals surface area contributed by atoms with Crippen molar-refractivity contribution >= 4 is 39.3 Å². The van der Waals surface area contributed by atoms with Gasteiger partial charge in [0.15, 0.2) is 0 Å². The fourth-order valence-corrected chi connectivity index (χ4v) is 5.78. The minimum absolute atomic E-state index is 0.0801. The van der Waals surface area contributed by atoms with Crippen LogP contribution in [0.4, 0.5) is 4.79 Å². The summed E-state index contributed by atoms with van der Waals surface area (Å²) in [5.74, 6) is 0. The third-order valence-electron chi connectivity index (χ3n) is 4.53. The van der Waals surface area contributed by atoms with Crippen LogP contribution in [0.25, 0.3) is 0 Å². The predicted octanol–water partition coefficient (Wildman–Crippen LogP) is 2.19. The number of carbonyl (C=O) groups is 1. The van der Waals surface area contributed by atoms with Gasteiger partial charge in [0.2, 0.25) is 10.0 Å². The topological polar surface area (TPSA) is 79.0 Å². The minimum atomic E-state index is -3.83. The Hall–Kier alpha value is -1.06. The van der Waals surface area contributed by atoms with E-state index >= 15 is 0 Å². The molecule has 3 rings (SSSR count). The van der Waals surface area contributed by atoms with Gasteiger partial charge >= 0.3 is 6.03 Å². The lowest BCUT2D eigenvalue weighted by atomic mass is 10.1. The van der Waals surface area contributed by atoms with E-state index in [0.717, 1.165) is 6.42 Å². The molecule has 1 N–H and O–H groups in total. The molecular formula is C16H21Cl2N3O4S. The number of urea groups is 1. The molecule has 0 aromatic heterocycles. The van der Waals surface area contributed by atoms with E-state index in [0.29, 0.717) is 39.3 Å². The van der Waals surface area contributed by atoms with Crippen LogP contribution in [-0.4, -0.2) is 69.1 Å². The number of ether oxygens (including phenoxy) is 1. The predicted molar refractivity (Wildman–Crippen MR) is 99.2 cm³/mol. The highest BCUT2D eigenvalue weighted by molar-refractivity contribution is 7.89. The molecule has 0 unspecified atom stereocenters. The summed E-state index contributed by atoms with van der Waals surface area (Å²) in [5, 5.41) is 3.12. The van der Waals surface area contributed by atoms with E-state index in [-0.39, 0.29) is 33.6 Å². The Bertz CT molecular complexity index is 749. The summed E-state index contributed by atoms with van der Waals surface area (Å²) in [6.45, 7) is 2.67. The molecule has 0 bridgehead atoms. The van der Waals surface area contributed by atoms with E-state index in [1.54, 1.807) is 11.0 Å². The number of carbonyl (C=O) groups excluding carboxylic acids is 1. The Morgan fingerprint density at radius 2 is 1.81 bits per heavy atom. The Kier molecular flexibility index (Phi) is 6.29. The number of benzene rings is 1. The zero-order valence-electron chi connectivity index (χ0n) is 14.2. The first-order valence-electron chi connectivity index (χ1n) is 8.47. The first kappa shape index (κ1) is 19.7. The SMILES string of the molecule is O=C(N[C@H]1CCCN(S(=O)(=O)c2c(Cl)cccc2Cl)C1)N1CCOCC1. The lowest BCUT2D eigenvalue weighted by molar-refractivity contribution is 0.0519. The van der Waals surface area contributed by atoms with Crippen LogP contribution in [0.15, 0.2) is 23.1 Å². The average Bonchev–Trinajstić information content (AvgIpc) is 2.62. The van der Waals surface area contributed by atoms with Gasteiger partial charge in [-0.15, -0.1) is 0 Å². The Balaban J connectivity index is 1.70. The summed E-state index contributed by atoms with van der Waals surface area (Å²) in [6.07, 6.45) is 1.37. The Morgan fingerprint density at radius 3 is 2.46 bits per heavy atom. The van der Waals surface area contributed by atoms with E-state index in [4.69, 9.17) is 27.9 Å². The molecule has 26 heavy (non-hydrogen) atoms. The molecule has 0 radical (unpaired) electrons. The number of sulfonamides is 1. The minimum Gasteiger partial charge on any atom is -0.378 e. The van der Waals surface area contributed by atoms with Gasteiger partial charge in [-0.2, -0.15) is 4.31 Å². The molecule has 2 aliphatic heterocycles. The van der Waals surface area contributed by atoms with Crippen molar-refractivity contribution in [3.05, 3.63) is 28.2 Å². The van der Waals surface area contributed by atoms with Crippen molar-refractivity contribution in [3.63, 3.8) is 0 Å². The largest absolute Gasteiger partial charge is 0.378 e. The standard InChI is InChI=1S/C16H21Cl2N3O4S/c17-13-4-1-5-14(18)15(13)26(23,24)21-6-2-3-12(11-21)19-16(22)20-7-9-25-10-8-20/h1,4-5,12H,2-3,6-11H2,(H,19,22)/t12-/m0/s1. The highest BCUT2D eigenvalue weighted by atomic mass is 35.5. The van der Waals surface area contributed by atoms with Crippen molar-refractivity contribution in [2.75, 3.05) is 39.4 Å². The number of morpholine rings is 1. The van der Waals surface area contributed by atoms with E-state index in [9.17, 15) is 13.2 Å². The van der Waals surface area contributed by atoms with Crippen LogP contribution < -0.4 is 5.32 Å². The molecule has 10 heteroatoms. The molecule has 0 aliphatic carbocycles. The summed E-state index contributed by atoms with van der Waals surface area (Å²) in [6, 6.07) is 4.17. The number of nitrogens with one attached hydrogen (secondary N) is 1. The van der Waals surface area contributed by atoms with Crippen molar-refractivity contribution < 1.29 is 17.9 Å². The van der Waals surface area contributed by atoms with Crippen LogP contribution in [0.2, 0.25) is 10.0 Å². The second-order valence-electron chi connectivity index (χ2n) is 6.30. The van der Waals surface area contributed by atoms with Crippen LogP contribution in [0.1, 0.15) is 12.8 Å². The maximum Gasteiger partial charge on any atom is 0.317 e. The van der Waals surface area contributed by atoms with Crippen molar-refractivity contribution in [1.82, 2.24) is 14.5 Å². The Morgan fingerprint density at radius 1 is 1.15 bits per heavy atom. The molecule has 7 nitrogen and oxygen atoms in total. The van der Waals surface area contributed by atoms with Crippen molar-refractivity contribution in [2.24, 2.45) is 0 Å². The molecule has 0 saturated carbocycles. The average molecular weight is 422 g/mol. The number of hydrogen-bond donors (Lipinski definition) is 1. The zero-order valence-corrected chi connectivity index (χ0v) is 16.5. The highest BCUT2D eigenvalue weighted by Gasteiger charge is 2.34. The molecule has 2 fully saturated rings. The van der Waals surface area contributed by atoms with E-state index in [1.165, 1.54) is 16.4 Å². The van der Waals surface area contributed by atoms with E-state index < -0.39 is 10.0 Å². The molecule has 2 heterocycles. The molecule has 1 aromatic rings. The first-order valence-corrected chi connectivity index (χ1v) is 10.7. The molecule has 1 atom stereocenters. The number of hydrogen-bond acceptors (Lipinski definition) is 4. The van der Waals surface area contributed by atoms with Crippen LogP contribution in [0, 0.1) is 0 Å². The lowest BCUT2D eigenvalue weighted by Crippen LogP contribution is -2.54. The molecule has 2 aliphatic rings. The first-order chi connectivity index (χ1) is 12.4. The molecule has 144 valence electrons. The number of piperidine rings is 1. The van der Waals surface area contributed by atoms with Crippen LogP contribution in [-0.2, 0) is 14.8 Å². The molecule has 2 amide bonds. The van der Waals surface area contributed by atoms with E-state index in [1.807, 2.05) is 0 Å². The van der Waals surface area contributed by atoms with Gasteiger partial charge in [0.05, 0.1) is 23.3 Å². The van der Waals surface area contributed by atoms with Gasteiger partial charge in [-0.1, -0.05) is 29.3 Å². The zero-order chi connectivity index (χ0) is 18.7.